The van der Waals surface area contributed by atoms with Crippen LogP contribution in [0.3, 0.4) is 0 Å². The van der Waals surface area contributed by atoms with Gasteiger partial charge in [0, 0.05) is 13.0 Å². The lowest BCUT2D eigenvalue weighted by molar-refractivity contribution is -0.160. The fraction of sp³-hybridized carbons (Fsp3) is 0.480. The van der Waals surface area contributed by atoms with Crippen LogP contribution in [0.2, 0.25) is 0 Å². The largest absolute Gasteiger partial charge is 0.497 e. The molecule has 2 bridgehead atoms. The molecule has 5 rings (SSSR count). The van der Waals surface area contributed by atoms with Crippen LogP contribution >= 0.6 is 0 Å². The molecule has 0 N–H and O–H groups in total. The zero-order valence-corrected chi connectivity index (χ0v) is 16.9. The number of likely N-dealkylation sites (tertiary alicyclic amines) is 1. The van der Waals surface area contributed by atoms with Crippen LogP contribution in [0.1, 0.15) is 49.3 Å². The molecule has 1 aliphatic heterocycles. The molecule has 0 spiro atoms. The van der Waals surface area contributed by atoms with E-state index >= 15 is 0 Å². The van der Waals surface area contributed by atoms with Crippen LogP contribution in [0.15, 0.2) is 48.5 Å². The second-order valence-corrected chi connectivity index (χ2v) is 9.07. The van der Waals surface area contributed by atoms with Gasteiger partial charge in [-0.3, -0.25) is 4.79 Å². The van der Waals surface area contributed by atoms with E-state index in [0.717, 1.165) is 25.0 Å². The number of methoxy groups -OCH3 is 1. The second kappa shape index (κ2) is 6.65. The maximum absolute atomic E-state index is 13.3. The van der Waals surface area contributed by atoms with Crippen molar-refractivity contribution in [2.75, 3.05) is 7.11 Å². The maximum atomic E-state index is 13.3. The third kappa shape index (κ3) is 2.59. The maximum Gasteiger partial charge on any atom is 0.223 e. The normalized spacial score (nSPS) is 31.1. The predicted octanol–water partition coefficient (Wildman–Crippen LogP) is 4.93. The molecule has 146 valence electrons. The van der Waals surface area contributed by atoms with Crippen LogP contribution in [0, 0.1) is 17.8 Å². The summed E-state index contributed by atoms with van der Waals surface area (Å²) in [5.74, 6) is 3.12. The van der Waals surface area contributed by atoms with Crippen molar-refractivity contribution in [2.45, 2.75) is 51.1 Å². The summed E-state index contributed by atoms with van der Waals surface area (Å²) in [5.41, 5.74) is 3.83. The van der Waals surface area contributed by atoms with Crippen molar-refractivity contribution in [1.82, 2.24) is 4.90 Å². The third-order valence-electron chi connectivity index (χ3n) is 7.44. The first-order chi connectivity index (χ1) is 13.6. The van der Waals surface area contributed by atoms with E-state index in [1.807, 2.05) is 6.07 Å². The van der Waals surface area contributed by atoms with Crippen LogP contribution in [0.25, 0.3) is 0 Å². The minimum atomic E-state index is -0.159. The molecule has 2 aromatic carbocycles. The van der Waals surface area contributed by atoms with E-state index in [4.69, 9.17) is 4.74 Å². The van der Waals surface area contributed by atoms with Gasteiger partial charge in [0.25, 0.3) is 0 Å². The van der Waals surface area contributed by atoms with Gasteiger partial charge in [0.2, 0.25) is 5.91 Å². The van der Waals surface area contributed by atoms with Crippen molar-refractivity contribution in [3.63, 3.8) is 0 Å². The summed E-state index contributed by atoms with van der Waals surface area (Å²) >= 11 is 0. The summed E-state index contributed by atoms with van der Waals surface area (Å²) in [4.78, 5) is 15.5. The third-order valence-corrected chi connectivity index (χ3v) is 7.44. The van der Waals surface area contributed by atoms with Crippen LogP contribution in [0.4, 0.5) is 0 Å². The number of carbonyl (C=O) groups is 1. The molecule has 2 fully saturated rings. The molecular weight excluding hydrogens is 346 g/mol. The monoisotopic (exact) mass is 375 g/mol. The van der Waals surface area contributed by atoms with Crippen LogP contribution in [0.5, 0.6) is 5.75 Å². The van der Waals surface area contributed by atoms with Gasteiger partial charge in [-0.15, -0.1) is 0 Å². The lowest BCUT2D eigenvalue weighted by Crippen LogP contribution is -2.63. The van der Waals surface area contributed by atoms with Crippen molar-refractivity contribution < 1.29 is 9.53 Å². The van der Waals surface area contributed by atoms with E-state index in [1.54, 1.807) is 7.11 Å². The number of carbonyl (C=O) groups excluding carboxylic acids is 1. The molecule has 0 aromatic heterocycles. The lowest BCUT2D eigenvalue weighted by Gasteiger charge is -2.61. The molecule has 28 heavy (non-hydrogen) atoms. The van der Waals surface area contributed by atoms with Crippen LogP contribution < -0.4 is 4.74 Å². The first-order valence-corrected chi connectivity index (χ1v) is 10.6. The zero-order chi connectivity index (χ0) is 19.3. The summed E-state index contributed by atoms with van der Waals surface area (Å²) in [6.07, 6.45) is 5.20. The summed E-state index contributed by atoms with van der Waals surface area (Å²) < 4.78 is 5.52. The fourth-order valence-electron chi connectivity index (χ4n) is 6.50. The smallest absolute Gasteiger partial charge is 0.223 e. The molecule has 0 unspecified atom stereocenters. The Kier molecular flexibility index (Phi) is 4.22. The average Bonchev–Trinajstić information content (AvgIpc) is 2.70. The fourth-order valence-corrected chi connectivity index (χ4v) is 6.50. The van der Waals surface area contributed by atoms with Gasteiger partial charge in [-0.05, 0) is 72.3 Å². The zero-order valence-electron chi connectivity index (χ0n) is 16.9. The number of benzene rings is 2. The van der Waals surface area contributed by atoms with E-state index in [0.29, 0.717) is 36.6 Å². The number of fused-ring (bicyclic) bond motifs is 1. The summed E-state index contributed by atoms with van der Waals surface area (Å²) in [6.45, 7) is 3.08. The molecule has 3 heteroatoms. The molecule has 2 aromatic rings. The Morgan fingerprint density at radius 1 is 1.18 bits per heavy atom. The number of nitrogens with zero attached hydrogens (tertiary/aromatic N) is 1. The van der Waals surface area contributed by atoms with Gasteiger partial charge in [-0.25, -0.2) is 0 Å². The minimum absolute atomic E-state index is 0.159. The molecule has 2 aliphatic carbocycles. The molecule has 1 saturated heterocycles. The number of hydrogen-bond donors (Lipinski definition) is 0. The summed E-state index contributed by atoms with van der Waals surface area (Å²) in [7, 11) is 1.74. The molecular formula is C25H29NO2. The van der Waals surface area contributed by atoms with Crippen molar-refractivity contribution in [3.8, 4) is 5.75 Å². The Labute approximate surface area is 167 Å². The van der Waals surface area contributed by atoms with Gasteiger partial charge in [0.1, 0.15) is 5.75 Å². The highest BCUT2D eigenvalue weighted by molar-refractivity contribution is 5.79. The Balaban J connectivity index is 1.67. The first-order valence-electron chi connectivity index (χ1n) is 10.6. The van der Waals surface area contributed by atoms with E-state index in [9.17, 15) is 4.79 Å². The highest BCUT2D eigenvalue weighted by atomic mass is 16.5. The van der Waals surface area contributed by atoms with Crippen molar-refractivity contribution in [3.05, 3.63) is 65.2 Å². The summed E-state index contributed by atoms with van der Waals surface area (Å²) in [5, 5.41) is 0. The molecule has 3 aliphatic rings. The molecule has 1 amide bonds. The van der Waals surface area contributed by atoms with Crippen LogP contribution in [-0.4, -0.2) is 17.9 Å². The minimum Gasteiger partial charge on any atom is -0.497 e. The van der Waals surface area contributed by atoms with Gasteiger partial charge in [-0.1, -0.05) is 43.3 Å². The Morgan fingerprint density at radius 2 is 2.00 bits per heavy atom. The van der Waals surface area contributed by atoms with E-state index in [1.165, 1.54) is 23.1 Å². The van der Waals surface area contributed by atoms with Gasteiger partial charge >= 0.3 is 0 Å². The van der Waals surface area contributed by atoms with Crippen LogP contribution in [-0.2, 0) is 23.3 Å². The topological polar surface area (TPSA) is 29.5 Å². The first kappa shape index (κ1) is 17.8. The number of rotatable bonds is 3. The van der Waals surface area contributed by atoms with Gasteiger partial charge in [0.05, 0.1) is 12.6 Å². The van der Waals surface area contributed by atoms with E-state index in [-0.39, 0.29) is 5.54 Å². The number of amides is 1. The summed E-state index contributed by atoms with van der Waals surface area (Å²) in [6, 6.07) is 17.1. The highest BCUT2D eigenvalue weighted by Crippen LogP contribution is 2.59. The number of hydrogen-bond acceptors (Lipinski definition) is 2. The predicted molar refractivity (Wildman–Crippen MR) is 110 cm³/mol. The van der Waals surface area contributed by atoms with Gasteiger partial charge < -0.3 is 9.64 Å². The molecule has 4 atom stereocenters. The van der Waals surface area contributed by atoms with Crippen molar-refractivity contribution in [1.29, 1.82) is 0 Å². The quantitative estimate of drug-likeness (QED) is 0.761. The molecule has 0 radical (unpaired) electrons. The van der Waals surface area contributed by atoms with Gasteiger partial charge in [-0.2, -0.15) is 0 Å². The Bertz CT molecular complexity index is 893. The van der Waals surface area contributed by atoms with Crippen molar-refractivity contribution >= 4 is 5.91 Å². The number of piperidine rings is 1. The standard InChI is InChI=1S/C25H29NO2/c1-17-12-19-13-20-14-21(28-2)8-9-22(20)25(15-17)23(19)10-11-24(27)26(25)16-18-6-4-3-5-7-18/h3-9,14,17,19,23H,10-13,15-16H2,1-2H3/t17-,19-,23-,25-/m1/s1. The van der Waals surface area contributed by atoms with E-state index < -0.39 is 0 Å². The highest BCUT2D eigenvalue weighted by Gasteiger charge is 2.58. The number of ether oxygens (including phenoxy) is 1. The Morgan fingerprint density at radius 3 is 2.79 bits per heavy atom. The molecule has 1 heterocycles. The Hall–Kier alpha value is -2.29. The van der Waals surface area contributed by atoms with E-state index in [2.05, 4.69) is 54.3 Å². The molecule has 1 saturated carbocycles. The second-order valence-electron chi connectivity index (χ2n) is 9.07. The molecule has 3 nitrogen and oxygen atoms in total. The average molecular weight is 376 g/mol. The van der Waals surface area contributed by atoms with Gasteiger partial charge in [0.15, 0.2) is 0 Å². The van der Waals surface area contributed by atoms with Crippen molar-refractivity contribution in [2.24, 2.45) is 17.8 Å². The SMILES string of the molecule is COc1ccc2c(c1)C[C@H]1C[C@@H](C)C[C@]23[C@@H]1CCC(=O)N3Cc1ccccc1. The lowest BCUT2D eigenvalue weighted by atomic mass is 9.52.